The van der Waals surface area contributed by atoms with E-state index in [1.54, 1.807) is 17.8 Å². The Morgan fingerprint density at radius 2 is 1.84 bits per heavy atom. The highest BCUT2D eigenvalue weighted by Crippen LogP contribution is 2.22. The van der Waals surface area contributed by atoms with Gasteiger partial charge in [0.25, 0.3) is 5.56 Å². The predicted octanol–water partition coefficient (Wildman–Crippen LogP) is 2.91. The third kappa shape index (κ3) is 2.03. The van der Waals surface area contributed by atoms with Gasteiger partial charge in [-0.1, -0.05) is 12.1 Å². The number of nitrogens with zero attached hydrogens (tertiary/aromatic N) is 2. The van der Waals surface area contributed by atoms with E-state index in [9.17, 15) is 4.79 Å². The fraction of sp³-hybridized carbons (Fsp3) is 0.125. The molecule has 0 unspecified atom stereocenters. The number of fused-ring (bicyclic) bond motifs is 1. The van der Waals surface area contributed by atoms with Crippen molar-refractivity contribution in [1.82, 2.24) is 9.55 Å². The summed E-state index contributed by atoms with van der Waals surface area (Å²) in [5, 5.41) is 1.70. The molecule has 3 heteroatoms. The average molecular weight is 250 g/mol. The summed E-state index contributed by atoms with van der Waals surface area (Å²) < 4.78 is 1.59. The van der Waals surface area contributed by atoms with E-state index in [1.165, 1.54) is 0 Å². The summed E-state index contributed by atoms with van der Waals surface area (Å²) in [4.78, 5) is 16.3. The molecule has 0 amide bonds. The molecule has 3 aromatic rings. The number of benzene rings is 1. The zero-order valence-corrected chi connectivity index (χ0v) is 10.9. The quantitative estimate of drug-likeness (QED) is 0.665. The highest BCUT2D eigenvalue weighted by atomic mass is 16.1. The minimum Gasteiger partial charge on any atom is -0.318 e. The summed E-state index contributed by atoms with van der Waals surface area (Å²) in [6.07, 6.45) is 3.65. The molecule has 0 fully saturated rings. The molecule has 1 aromatic carbocycles. The van der Waals surface area contributed by atoms with E-state index in [0.717, 1.165) is 27.6 Å². The van der Waals surface area contributed by atoms with Crippen molar-refractivity contribution in [2.75, 3.05) is 0 Å². The van der Waals surface area contributed by atoms with Crippen LogP contribution in [0.2, 0.25) is 0 Å². The van der Waals surface area contributed by atoms with Crippen LogP contribution in [0.3, 0.4) is 0 Å². The average Bonchev–Trinajstić information content (AvgIpc) is 2.43. The molecular formula is C16H14N2O. The molecule has 2 heterocycles. The molecule has 0 bridgehead atoms. The van der Waals surface area contributed by atoms with Crippen LogP contribution >= 0.6 is 0 Å². The van der Waals surface area contributed by atoms with Crippen molar-refractivity contribution in [2.24, 2.45) is 7.05 Å². The Bertz CT molecular complexity index is 801. The largest absolute Gasteiger partial charge is 0.318 e. The Morgan fingerprint density at radius 1 is 1.05 bits per heavy atom. The molecule has 0 radical (unpaired) electrons. The van der Waals surface area contributed by atoms with Crippen LogP contribution in [0.25, 0.3) is 21.9 Å². The fourth-order valence-electron chi connectivity index (χ4n) is 2.16. The normalized spacial score (nSPS) is 10.8. The van der Waals surface area contributed by atoms with Crippen LogP contribution < -0.4 is 5.56 Å². The summed E-state index contributed by atoms with van der Waals surface area (Å²) >= 11 is 0. The Kier molecular flexibility index (Phi) is 2.67. The van der Waals surface area contributed by atoms with E-state index in [4.69, 9.17) is 0 Å². The Morgan fingerprint density at radius 3 is 2.58 bits per heavy atom. The van der Waals surface area contributed by atoms with Crippen LogP contribution in [0.5, 0.6) is 0 Å². The van der Waals surface area contributed by atoms with Gasteiger partial charge in [-0.2, -0.15) is 0 Å². The second-order valence-corrected chi connectivity index (χ2v) is 4.72. The molecule has 0 saturated carbocycles. The van der Waals surface area contributed by atoms with Gasteiger partial charge in [-0.3, -0.25) is 9.78 Å². The molecule has 19 heavy (non-hydrogen) atoms. The van der Waals surface area contributed by atoms with Crippen molar-refractivity contribution < 1.29 is 0 Å². The van der Waals surface area contributed by atoms with E-state index in [1.807, 2.05) is 49.5 Å². The number of rotatable bonds is 1. The maximum absolute atomic E-state index is 12.0. The topological polar surface area (TPSA) is 34.9 Å². The van der Waals surface area contributed by atoms with Gasteiger partial charge in [0.05, 0.1) is 0 Å². The second-order valence-electron chi connectivity index (χ2n) is 4.72. The van der Waals surface area contributed by atoms with Gasteiger partial charge >= 0.3 is 0 Å². The first kappa shape index (κ1) is 11.7. The van der Waals surface area contributed by atoms with Crippen LogP contribution in [0.15, 0.2) is 53.6 Å². The van der Waals surface area contributed by atoms with Crippen molar-refractivity contribution >= 4 is 10.8 Å². The number of pyridine rings is 2. The smallest absolute Gasteiger partial charge is 0.258 e. The second kappa shape index (κ2) is 4.35. The Labute approximate surface area is 111 Å². The van der Waals surface area contributed by atoms with E-state index in [2.05, 4.69) is 4.98 Å². The molecule has 94 valence electrons. The van der Waals surface area contributed by atoms with Crippen molar-refractivity contribution in [3.8, 4) is 11.1 Å². The lowest BCUT2D eigenvalue weighted by Crippen LogP contribution is -2.15. The number of hydrogen-bond donors (Lipinski definition) is 0. The third-order valence-corrected chi connectivity index (χ3v) is 3.32. The number of aromatic nitrogens is 2. The molecule has 0 aliphatic carbocycles. The summed E-state index contributed by atoms with van der Waals surface area (Å²) in [6.45, 7) is 1.97. The molecule has 3 rings (SSSR count). The summed E-state index contributed by atoms with van der Waals surface area (Å²) in [5.41, 5.74) is 3.17. The first-order valence-corrected chi connectivity index (χ1v) is 6.17. The van der Waals surface area contributed by atoms with Crippen LogP contribution in [-0.4, -0.2) is 9.55 Å². The van der Waals surface area contributed by atoms with Crippen LogP contribution in [-0.2, 0) is 7.05 Å². The van der Waals surface area contributed by atoms with Gasteiger partial charge in [0.1, 0.15) is 0 Å². The van der Waals surface area contributed by atoms with E-state index in [0.29, 0.717) is 0 Å². The molecule has 2 aromatic heterocycles. The maximum atomic E-state index is 12.0. The van der Waals surface area contributed by atoms with Gasteiger partial charge in [-0.15, -0.1) is 0 Å². The van der Waals surface area contributed by atoms with Gasteiger partial charge < -0.3 is 4.57 Å². The zero-order valence-electron chi connectivity index (χ0n) is 10.9. The number of hydrogen-bond acceptors (Lipinski definition) is 2. The molecule has 0 spiro atoms. The monoisotopic (exact) mass is 250 g/mol. The van der Waals surface area contributed by atoms with Gasteiger partial charge in [0.2, 0.25) is 0 Å². The van der Waals surface area contributed by atoms with Gasteiger partial charge in [-0.25, -0.2) is 0 Å². The highest BCUT2D eigenvalue weighted by Gasteiger charge is 2.03. The van der Waals surface area contributed by atoms with Crippen LogP contribution in [0.4, 0.5) is 0 Å². The maximum Gasteiger partial charge on any atom is 0.258 e. The molecule has 3 nitrogen and oxygen atoms in total. The van der Waals surface area contributed by atoms with E-state index in [-0.39, 0.29) is 5.56 Å². The molecule has 0 aliphatic rings. The predicted molar refractivity (Wildman–Crippen MR) is 77.2 cm³/mol. The van der Waals surface area contributed by atoms with Crippen molar-refractivity contribution in [3.05, 3.63) is 64.8 Å². The van der Waals surface area contributed by atoms with Crippen molar-refractivity contribution in [2.45, 2.75) is 6.92 Å². The van der Waals surface area contributed by atoms with Crippen LogP contribution in [0.1, 0.15) is 5.69 Å². The summed E-state index contributed by atoms with van der Waals surface area (Å²) in [5.74, 6) is 0. The SMILES string of the molecule is Cc1ccc(-c2ccc3c(=O)n(C)ccc3c2)cn1. The molecule has 0 saturated heterocycles. The Hall–Kier alpha value is -2.42. The molecule has 0 aliphatic heterocycles. The minimum absolute atomic E-state index is 0.0334. The molecule has 0 N–H and O–H groups in total. The van der Waals surface area contributed by atoms with Gasteiger partial charge in [0, 0.05) is 36.1 Å². The lowest BCUT2D eigenvalue weighted by atomic mass is 10.0. The first-order chi connectivity index (χ1) is 9.15. The van der Waals surface area contributed by atoms with Crippen LogP contribution in [0, 0.1) is 6.92 Å². The fourth-order valence-corrected chi connectivity index (χ4v) is 2.16. The van der Waals surface area contributed by atoms with Crippen molar-refractivity contribution in [1.29, 1.82) is 0 Å². The van der Waals surface area contributed by atoms with E-state index < -0.39 is 0 Å². The van der Waals surface area contributed by atoms with E-state index >= 15 is 0 Å². The summed E-state index contributed by atoms with van der Waals surface area (Å²) in [6, 6.07) is 11.9. The van der Waals surface area contributed by atoms with Crippen molar-refractivity contribution in [3.63, 3.8) is 0 Å². The standard InChI is InChI=1S/C16H14N2O/c1-11-3-4-14(10-17-11)12-5-6-15-13(9-12)7-8-18(2)16(15)19/h3-10H,1-2H3. The van der Waals surface area contributed by atoms with Gasteiger partial charge in [-0.05, 0) is 42.1 Å². The zero-order chi connectivity index (χ0) is 13.4. The molecule has 0 atom stereocenters. The lowest BCUT2D eigenvalue weighted by molar-refractivity contribution is 0.873. The molecular weight excluding hydrogens is 236 g/mol. The lowest BCUT2D eigenvalue weighted by Gasteiger charge is -2.05. The highest BCUT2D eigenvalue weighted by molar-refractivity contribution is 5.86. The first-order valence-electron chi connectivity index (χ1n) is 6.17. The minimum atomic E-state index is 0.0334. The third-order valence-electron chi connectivity index (χ3n) is 3.32. The number of aryl methyl sites for hydroxylation is 2. The van der Waals surface area contributed by atoms with Gasteiger partial charge in [0.15, 0.2) is 0 Å². The Balaban J connectivity index is 2.20. The summed E-state index contributed by atoms with van der Waals surface area (Å²) in [7, 11) is 1.76.